The first-order chi connectivity index (χ1) is 8.74. The number of carbonyl (C=O) groups excluding carboxylic acids is 1. The van der Waals surface area contributed by atoms with Crippen molar-refractivity contribution in [1.29, 1.82) is 0 Å². The molecule has 1 aromatic rings. The van der Waals surface area contributed by atoms with Crippen LogP contribution in [0.3, 0.4) is 0 Å². The largest absolute Gasteiger partial charge is 0.370 e. The minimum absolute atomic E-state index is 0.132. The van der Waals surface area contributed by atoms with E-state index in [1.165, 1.54) is 0 Å². The van der Waals surface area contributed by atoms with E-state index in [-0.39, 0.29) is 5.91 Å². The van der Waals surface area contributed by atoms with Crippen molar-refractivity contribution < 1.29 is 4.79 Å². The lowest BCUT2D eigenvalue weighted by Gasteiger charge is -2.16. The highest BCUT2D eigenvalue weighted by Crippen LogP contribution is 2.21. The number of likely N-dealkylation sites (tertiary alicyclic amines) is 1. The van der Waals surface area contributed by atoms with E-state index >= 15 is 0 Å². The van der Waals surface area contributed by atoms with Gasteiger partial charge in [-0.3, -0.25) is 4.79 Å². The molecule has 1 unspecified atom stereocenters. The van der Waals surface area contributed by atoms with Gasteiger partial charge in [0.2, 0.25) is 0 Å². The van der Waals surface area contributed by atoms with Gasteiger partial charge in [0.15, 0.2) is 0 Å². The van der Waals surface area contributed by atoms with Gasteiger partial charge in [-0.15, -0.1) is 0 Å². The second kappa shape index (κ2) is 5.85. The lowest BCUT2D eigenvalue weighted by atomic mass is 10.1. The van der Waals surface area contributed by atoms with E-state index in [1.807, 2.05) is 17.9 Å². The molecule has 0 aliphatic carbocycles. The van der Waals surface area contributed by atoms with Gasteiger partial charge in [0.05, 0.1) is 0 Å². The van der Waals surface area contributed by atoms with Crippen LogP contribution < -0.4 is 5.32 Å². The maximum absolute atomic E-state index is 12.3. The Labute approximate surface area is 108 Å². The molecule has 2 heterocycles. The molecule has 1 N–H and O–H groups in total. The summed E-state index contributed by atoms with van der Waals surface area (Å²) < 4.78 is 0. The number of carbonyl (C=O) groups is 1. The molecule has 1 aliphatic rings. The molecule has 18 heavy (non-hydrogen) atoms. The van der Waals surface area contributed by atoms with Crippen molar-refractivity contribution in [1.82, 2.24) is 9.88 Å². The molecule has 1 saturated heterocycles. The minimum atomic E-state index is 0.132. The lowest BCUT2D eigenvalue weighted by Crippen LogP contribution is -2.28. The van der Waals surface area contributed by atoms with E-state index in [4.69, 9.17) is 0 Å². The summed E-state index contributed by atoms with van der Waals surface area (Å²) in [4.78, 5) is 18.5. The zero-order valence-electron chi connectivity index (χ0n) is 11.1. The lowest BCUT2D eigenvalue weighted by molar-refractivity contribution is 0.0787. The van der Waals surface area contributed by atoms with Gasteiger partial charge in [-0.2, -0.15) is 0 Å². The van der Waals surface area contributed by atoms with Crippen molar-refractivity contribution in [2.24, 2.45) is 5.92 Å². The van der Waals surface area contributed by atoms with Crippen molar-refractivity contribution in [3.63, 3.8) is 0 Å². The molecule has 0 bridgehead atoms. The predicted octanol–water partition coefficient (Wildman–Crippen LogP) is 2.39. The summed E-state index contributed by atoms with van der Waals surface area (Å²) >= 11 is 0. The van der Waals surface area contributed by atoms with Crippen LogP contribution in [0.1, 0.15) is 37.0 Å². The maximum atomic E-state index is 12.3. The number of nitrogens with one attached hydrogen (secondary N) is 1. The van der Waals surface area contributed by atoms with E-state index < -0.39 is 0 Å². The van der Waals surface area contributed by atoms with Crippen LogP contribution in [-0.4, -0.2) is 35.4 Å². The molecule has 1 aliphatic heterocycles. The molecule has 4 heteroatoms. The molecule has 1 aromatic heterocycles. The van der Waals surface area contributed by atoms with Crippen molar-refractivity contribution in [2.75, 3.05) is 25.0 Å². The summed E-state index contributed by atoms with van der Waals surface area (Å²) in [6, 6.07) is 3.63. The Kier molecular flexibility index (Phi) is 4.18. The van der Waals surface area contributed by atoms with E-state index in [0.717, 1.165) is 43.9 Å². The van der Waals surface area contributed by atoms with Gasteiger partial charge in [0, 0.05) is 31.4 Å². The fourth-order valence-corrected chi connectivity index (χ4v) is 2.37. The van der Waals surface area contributed by atoms with Crippen molar-refractivity contribution in [3.8, 4) is 0 Å². The Morgan fingerprint density at radius 1 is 1.56 bits per heavy atom. The molecular formula is C14H21N3O. The van der Waals surface area contributed by atoms with Crippen LogP contribution in [0.2, 0.25) is 0 Å². The van der Waals surface area contributed by atoms with Crippen molar-refractivity contribution in [3.05, 3.63) is 23.9 Å². The Morgan fingerprint density at radius 3 is 3.06 bits per heavy atom. The van der Waals surface area contributed by atoms with E-state index in [2.05, 4.69) is 17.2 Å². The number of rotatable bonds is 4. The zero-order chi connectivity index (χ0) is 13.0. The number of amides is 1. The predicted molar refractivity (Wildman–Crippen MR) is 72.7 cm³/mol. The van der Waals surface area contributed by atoms with Gasteiger partial charge < -0.3 is 10.2 Å². The molecule has 0 saturated carbocycles. The second-order valence-corrected chi connectivity index (χ2v) is 4.77. The first-order valence-corrected chi connectivity index (χ1v) is 6.73. The monoisotopic (exact) mass is 247 g/mol. The smallest absolute Gasteiger partial charge is 0.254 e. The number of aromatic nitrogens is 1. The van der Waals surface area contributed by atoms with Gasteiger partial charge in [-0.25, -0.2) is 4.98 Å². The van der Waals surface area contributed by atoms with Gasteiger partial charge in [0.1, 0.15) is 5.82 Å². The van der Waals surface area contributed by atoms with Gasteiger partial charge in [-0.05, 0) is 31.4 Å². The third-order valence-electron chi connectivity index (χ3n) is 3.52. The second-order valence-electron chi connectivity index (χ2n) is 4.77. The zero-order valence-corrected chi connectivity index (χ0v) is 11.1. The number of pyridine rings is 1. The van der Waals surface area contributed by atoms with Crippen LogP contribution in [0.4, 0.5) is 5.82 Å². The first-order valence-electron chi connectivity index (χ1n) is 6.73. The molecule has 2 rings (SSSR count). The first kappa shape index (κ1) is 12.9. The van der Waals surface area contributed by atoms with Crippen molar-refractivity contribution in [2.45, 2.75) is 26.7 Å². The normalized spacial score (nSPS) is 19.0. The molecule has 1 fully saturated rings. The number of hydrogen-bond donors (Lipinski definition) is 1. The van der Waals surface area contributed by atoms with Crippen molar-refractivity contribution >= 4 is 11.7 Å². The van der Waals surface area contributed by atoms with E-state index in [1.54, 1.807) is 12.3 Å². The molecule has 0 spiro atoms. The summed E-state index contributed by atoms with van der Waals surface area (Å²) in [5.74, 6) is 1.58. The molecule has 1 atom stereocenters. The number of nitrogens with zero attached hydrogens (tertiary/aromatic N) is 2. The summed E-state index contributed by atoms with van der Waals surface area (Å²) in [6.45, 7) is 6.80. The third-order valence-corrected chi connectivity index (χ3v) is 3.52. The number of anilines is 1. The van der Waals surface area contributed by atoms with Crippen LogP contribution in [0, 0.1) is 5.92 Å². The highest BCUT2D eigenvalue weighted by Gasteiger charge is 2.25. The minimum Gasteiger partial charge on any atom is -0.370 e. The molecular weight excluding hydrogens is 226 g/mol. The fourth-order valence-electron chi connectivity index (χ4n) is 2.37. The molecule has 0 radical (unpaired) electrons. The Balaban J connectivity index is 2.07. The third kappa shape index (κ3) is 2.81. The maximum Gasteiger partial charge on any atom is 0.254 e. The van der Waals surface area contributed by atoms with Gasteiger partial charge >= 0.3 is 0 Å². The van der Waals surface area contributed by atoms with Crippen LogP contribution in [0.5, 0.6) is 0 Å². The summed E-state index contributed by atoms with van der Waals surface area (Å²) in [5, 5.41) is 3.13. The standard InChI is InChI=1S/C14H21N3O/c1-3-11-6-8-17(10-11)14(18)12-5-7-16-13(9-12)15-4-2/h5,7,9,11H,3-4,6,8,10H2,1-2H3,(H,15,16). The highest BCUT2D eigenvalue weighted by molar-refractivity contribution is 5.95. The topological polar surface area (TPSA) is 45.2 Å². The van der Waals surface area contributed by atoms with E-state index in [9.17, 15) is 4.79 Å². The average molecular weight is 247 g/mol. The highest BCUT2D eigenvalue weighted by atomic mass is 16.2. The summed E-state index contributed by atoms with van der Waals surface area (Å²) in [6.07, 6.45) is 3.98. The van der Waals surface area contributed by atoms with Crippen LogP contribution >= 0.6 is 0 Å². The van der Waals surface area contributed by atoms with E-state index in [0.29, 0.717) is 5.92 Å². The Bertz CT molecular complexity index is 419. The molecule has 1 amide bonds. The molecule has 4 nitrogen and oxygen atoms in total. The molecule has 98 valence electrons. The van der Waals surface area contributed by atoms with Crippen LogP contribution in [0.25, 0.3) is 0 Å². The summed E-state index contributed by atoms with van der Waals surface area (Å²) in [5.41, 5.74) is 0.734. The Morgan fingerprint density at radius 2 is 2.39 bits per heavy atom. The SMILES string of the molecule is CCNc1cc(C(=O)N2CCC(CC)C2)ccn1. The fraction of sp³-hybridized carbons (Fsp3) is 0.571. The average Bonchev–Trinajstić information content (AvgIpc) is 2.87. The van der Waals surface area contributed by atoms with Gasteiger partial charge in [-0.1, -0.05) is 13.3 Å². The van der Waals surface area contributed by atoms with Crippen LogP contribution in [-0.2, 0) is 0 Å². The Hall–Kier alpha value is -1.58. The number of hydrogen-bond acceptors (Lipinski definition) is 3. The summed E-state index contributed by atoms with van der Waals surface area (Å²) in [7, 11) is 0. The van der Waals surface area contributed by atoms with Gasteiger partial charge in [0.25, 0.3) is 5.91 Å². The van der Waals surface area contributed by atoms with Crippen LogP contribution in [0.15, 0.2) is 18.3 Å². The molecule has 0 aromatic carbocycles. The quantitative estimate of drug-likeness (QED) is 0.888.